The van der Waals surface area contributed by atoms with Gasteiger partial charge in [0.15, 0.2) is 0 Å². The second-order valence-corrected chi connectivity index (χ2v) is 7.26. The Labute approximate surface area is 185 Å². The molecule has 4 rings (SSSR count). The molecular weight excluding hydrogens is 404 g/mol. The first-order valence-corrected chi connectivity index (χ1v) is 10.1. The van der Waals surface area contributed by atoms with E-state index in [1.165, 1.54) is 0 Å². The number of carbonyl (C=O) groups excluding carboxylic acids is 2. The molecule has 0 fully saturated rings. The van der Waals surface area contributed by atoms with Crippen LogP contribution in [-0.2, 0) is 0 Å². The van der Waals surface area contributed by atoms with Crippen molar-refractivity contribution < 1.29 is 14.3 Å². The summed E-state index contributed by atoms with van der Waals surface area (Å²) in [6.45, 7) is 1.87. The lowest BCUT2D eigenvalue weighted by molar-refractivity contribution is 0.0937. The Kier molecular flexibility index (Phi) is 5.98. The number of aromatic amines is 1. The third kappa shape index (κ3) is 4.84. The smallest absolute Gasteiger partial charge is 0.251 e. The number of hydrogen-bond donors (Lipinski definition) is 3. The van der Waals surface area contributed by atoms with Crippen LogP contribution in [0.2, 0.25) is 0 Å². The van der Waals surface area contributed by atoms with Gasteiger partial charge in [-0.15, -0.1) is 0 Å². The quantitative estimate of drug-likeness (QED) is 0.405. The second-order valence-electron chi connectivity index (χ2n) is 7.26. The van der Waals surface area contributed by atoms with Gasteiger partial charge in [0.1, 0.15) is 17.3 Å². The number of H-pyrrole nitrogens is 1. The molecule has 0 aliphatic rings. The van der Waals surface area contributed by atoms with E-state index in [1.54, 1.807) is 54.7 Å². The number of rotatable bonds is 7. The maximum atomic E-state index is 12.6. The van der Waals surface area contributed by atoms with E-state index in [2.05, 4.69) is 15.3 Å². The maximum Gasteiger partial charge on any atom is 0.251 e. The molecule has 0 aliphatic heterocycles. The minimum absolute atomic E-state index is 0.215. The summed E-state index contributed by atoms with van der Waals surface area (Å²) in [5.74, 6) is 1.10. The highest BCUT2D eigenvalue weighted by molar-refractivity contribution is 5.94. The van der Waals surface area contributed by atoms with Crippen LogP contribution < -0.4 is 15.8 Å². The van der Waals surface area contributed by atoms with Gasteiger partial charge in [-0.05, 0) is 61.0 Å². The molecule has 0 radical (unpaired) electrons. The minimum atomic E-state index is -0.494. The van der Waals surface area contributed by atoms with Crippen molar-refractivity contribution in [2.24, 2.45) is 5.73 Å². The summed E-state index contributed by atoms with van der Waals surface area (Å²) in [6.07, 6.45) is 1.76. The van der Waals surface area contributed by atoms with Crippen LogP contribution in [0, 0.1) is 0 Å². The van der Waals surface area contributed by atoms with Crippen molar-refractivity contribution in [3.8, 4) is 22.8 Å². The van der Waals surface area contributed by atoms with Gasteiger partial charge in [-0.1, -0.05) is 30.3 Å². The van der Waals surface area contributed by atoms with Crippen molar-refractivity contribution in [1.82, 2.24) is 15.3 Å². The molecule has 32 heavy (non-hydrogen) atoms. The Bertz CT molecular complexity index is 1220. The van der Waals surface area contributed by atoms with E-state index in [0.717, 1.165) is 11.3 Å². The Balaban J connectivity index is 1.37. The fourth-order valence-electron chi connectivity index (χ4n) is 3.17. The van der Waals surface area contributed by atoms with Crippen molar-refractivity contribution in [2.75, 3.05) is 0 Å². The molecule has 160 valence electrons. The summed E-state index contributed by atoms with van der Waals surface area (Å²) >= 11 is 0. The number of amides is 2. The molecule has 1 atom stereocenters. The number of imidazole rings is 1. The minimum Gasteiger partial charge on any atom is -0.457 e. The predicted molar refractivity (Wildman–Crippen MR) is 121 cm³/mol. The molecule has 0 spiro atoms. The third-order valence-electron chi connectivity index (χ3n) is 4.93. The van der Waals surface area contributed by atoms with Gasteiger partial charge in [0.2, 0.25) is 5.91 Å². The van der Waals surface area contributed by atoms with E-state index in [1.807, 2.05) is 37.3 Å². The molecule has 0 aliphatic carbocycles. The topological polar surface area (TPSA) is 110 Å². The Morgan fingerprint density at radius 1 is 0.906 bits per heavy atom. The predicted octanol–water partition coefficient (Wildman–Crippen LogP) is 4.46. The number of ether oxygens (including phenoxy) is 1. The molecule has 4 aromatic rings. The number of aromatic nitrogens is 2. The van der Waals surface area contributed by atoms with E-state index >= 15 is 0 Å². The van der Waals surface area contributed by atoms with Crippen LogP contribution in [0.25, 0.3) is 11.3 Å². The monoisotopic (exact) mass is 426 g/mol. The van der Waals surface area contributed by atoms with E-state index in [9.17, 15) is 9.59 Å². The SMILES string of the molecule is CC(NC(=O)c1ccc(Oc2ccc(C(N)=O)cc2)cc1)c1ncc(-c2ccccc2)[nH]1. The highest BCUT2D eigenvalue weighted by Crippen LogP contribution is 2.23. The molecule has 7 heteroatoms. The molecule has 7 nitrogen and oxygen atoms in total. The van der Waals surface area contributed by atoms with Crippen LogP contribution in [0.3, 0.4) is 0 Å². The maximum absolute atomic E-state index is 12.6. The second kappa shape index (κ2) is 9.18. The molecule has 3 aromatic carbocycles. The van der Waals surface area contributed by atoms with Crippen molar-refractivity contribution in [2.45, 2.75) is 13.0 Å². The van der Waals surface area contributed by atoms with E-state index in [0.29, 0.717) is 28.5 Å². The van der Waals surface area contributed by atoms with Gasteiger partial charge in [-0.25, -0.2) is 4.98 Å². The van der Waals surface area contributed by atoms with Crippen molar-refractivity contribution in [1.29, 1.82) is 0 Å². The average Bonchev–Trinajstić information content (AvgIpc) is 3.31. The fourth-order valence-corrected chi connectivity index (χ4v) is 3.17. The lowest BCUT2D eigenvalue weighted by Crippen LogP contribution is -2.27. The molecule has 1 unspecified atom stereocenters. The number of nitrogens with two attached hydrogens (primary N) is 1. The Morgan fingerprint density at radius 3 is 2.09 bits per heavy atom. The summed E-state index contributed by atoms with van der Waals surface area (Å²) in [5, 5.41) is 2.95. The van der Waals surface area contributed by atoms with E-state index in [4.69, 9.17) is 10.5 Å². The van der Waals surface area contributed by atoms with E-state index in [-0.39, 0.29) is 11.9 Å². The van der Waals surface area contributed by atoms with Crippen LogP contribution in [-0.4, -0.2) is 21.8 Å². The first kappa shape index (κ1) is 20.9. The number of primary amides is 1. The summed E-state index contributed by atoms with van der Waals surface area (Å²) in [6, 6.07) is 22.9. The number of carbonyl (C=O) groups is 2. The molecule has 0 bridgehead atoms. The van der Waals surface area contributed by atoms with Crippen LogP contribution >= 0.6 is 0 Å². The Hall–Kier alpha value is -4.39. The number of hydrogen-bond acceptors (Lipinski definition) is 4. The molecule has 0 saturated heterocycles. The fraction of sp³-hybridized carbons (Fsp3) is 0.0800. The van der Waals surface area contributed by atoms with Crippen LogP contribution in [0.1, 0.15) is 39.5 Å². The Morgan fingerprint density at radius 2 is 1.50 bits per heavy atom. The molecule has 1 aromatic heterocycles. The van der Waals surface area contributed by atoms with Crippen LogP contribution in [0.5, 0.6) is 11.5 Å². The third-order valence-corrected chi connectivity index (χ3v) is 4.93. The molecule has 2 amide bonds. The first-order chi connectivity index (χ1) is 15.5. The van der Waals surface area contributed by atoms with Gasteiger partial charge in [0, 0.05) is 11.1 Å². The van der Waals surface area contributed by atoms with Crippen LogP contribution in [0.4, 0.5) is 0 Å². The zero-order valence-electron chi connectivity index (χ0n) is 17.4. The van der Waals surface area contributed by atoms with Gasteiger partial charge < -0.3 is 20.8 Å². The molecule has 4 N–H and O–H groups in total. The number of nitrogens with zero attached hydrogens (tertiary/aromatic N) is 1. The zero-order valence-corrected chi connectivity index (χ0v) is 17.4. The summed E-state index contributed by atoms with van der Waals surface area (Å²) in [7, 11) is 0. The van der Waals surface area contributed by atoms with Gasteiger partial charge >= 0.3 is 0 Å². The lowest BCUT2D eigenvalue weighted by Gasteiger charge is -2.12. The van der Waals surface area contributed by atoms with Crippen molar-refractivity contribution in [3.05, 3.63) is 102 Å². The van der Waals surface area contributed by atoms with E-state index < -0.39 is 5.91 Å². The van der Waals surface area contributed by atoms with Crippen LogP contribution in [0.15, 0.2) is 85.1 Å². The van der Waals surface area contributed by atoms with Crippen molar-refractivity contribution in [3.63, 3.8) is 0 Å². The summed E-state index contributed by atoms with van der Waals surface area (Å²) < 4.78 is 5.74. The van der Waals surface area contributed by atoms with Crippen molar-refractivity contribution >= 4 is 11.8 Å². The summed E-state index contributed by atoms with van der Waals surface area (Å²) in [5.41, 5.74) is 8.08. The van der Waals surface area contributed by atoms with Gasteiger partial charge in [0.05, 0.1) is 17.9 Å². The van der Waals surface area contributed by atoms with Gasteiger partial charge in [0.25, 0.3) is 5.91 Å². The normalized spacial score (nSPS) is 11.5. The molecule has 0 saturated carbocycles. The molecular formula is C25H22N4O3. The zero-order chi connectivity index (χ0) is 22.5. The standard InChI is InChI=1S/C25H22N4O3/c1-16(24-27-15-22(29-24)17-5-3-2-4-6-17)28-25(31)19-9-13-21(14-10-19)32-20-11-7-18(8-12-20)23(26)30/h2-16H,1H3,(H2,26,30)(H,27,29)(H,28,31). The van der Waals surface area contributed by atoms with Gasteiger partial charge in [-0.3, -0.25) is 9.59 Å². The van der Waals surface area contributed by atoms with Gasteiger partial charge in [-0.2, -0.15) is 0 Å². The molecule has 1 heterocycles. The first-order valence-electron chi connectivity index (χ1n) is 10.1. The number of nitrogens with one attached hydrogen (secondary N) is 2. The lowest BCUT2D eigenvalue weighted by atomic mass is 10.2. The number of benzene rings is 3. The summed E-state index contributed by atoms with van der Waals surface area (Å²) in [4.78, 5) is 31.4. The average molecular weight is 426 g/mol. The largest absolute Gasteiger partial charge is 0.457 e. The highest BCUT2D eigenvalue weighted by atomic mass is 16.5. The highest BCUT2D eigenvalue weighted by Gasteiger charge is 2.15.